The number of halogens is 3. The quantitative estimate of drug-likeness (QED) is 0.785. The second-order valence-electron chi connectivity index (χ2n) is 7.28. The first-order chi connectivity index (χ1) is 13.4. The maximum atomic E-state index is 13.2. The number of alkyl halides is 3. The molecule has 1 fully saturated rings. The molecule has 4 nitrogen and oxygen atoms in total. The molecule has 1 atom stereocenters. The molecule has 0 spiro atoms. The first-order valence-corrected chi connectivity index (χ1v) is 9.55. The van der Waals surface area contributed by atoms with E-state index in [9.17, 15) is 18.0 Å². The number of carbonyl (C=O) groups is 1. The molecular weight excluding hydrogens is 369 g/mol. The zero-order chi connectivity index (χ0) is 20.1. The maximum Gasteiger partial charge on any atom is 0.416 e. The van der Waals surface area contributed by atoms with Crippen LogP contribution < -0.4 is 5.32 Å². The molecule has 1 aliphatic rings. The number of carbonyl (C=O) groups excluding carboxylic acids is 1. The van der Waals surface area contributed by atoms with E-state index < -0.39 is 11.7 Å². The van der Waals surface area contributed by atoms with Gasteiger partial charge < -0.3 is 9.73 Å². The Kier molecular flexibility index (Phi) is 6.44. The van der Waals surface area contributed by atoms with Crippen molar-refractivity contribution in [3.8, 4) is 0 Å². The first-order valence-electron chi connectivity index (χ1n) is 9.55. The van der Waals surface area contributed by atoms with E-state index in [1.807, 2.05) is 0 Å². The number of nitrogens with zero attached hydrogens (tertiary/aromatic N) is 1. The van der Waals surface area contributed by atoms with Gasteiger partial charge in [-0.1, -0.05) is 18.2 Å². The zero-order valence-electron chi connectivity index (χ0n) is 15.9. The van der Waals surface area contributed by atoms with Crippen LogP contribution in [0, 0.1) is 5.92 Å². The third kappa shape index (κ3) is 5.16. The molecule has 0 aliphatic carbocycles. The molecular formula is C21H25F3N2O2. The van der Waals surface area contributed by atoms with Crippen LogP contribution in [0.3, 0.4) is 0 Å². The fourth-order valence-electron chi connectivity index (χ4n) is 3.83. The normalized spacial score (nSPS) is 18.2. The van der Waals surface area contributed by atoms with Crippen molar-refractivity contribution in [3.05, 3.63) is 59.0 Å². The zero-order valence-corrected chi connectivity index (χ0v) is 15.9. The first kappa shape index (κ1) is 20.5. The van der Waals surface area contributed by atoms with E-state index in [2.05, 4.69) is 10.2 Å². The minimum absolute atomic E-state index is 0.258. The third-order valence-electron chi connectivity index (χ3n) is 5.24. The van der Waals surface area contributed by atoms with E-state index >= 15 is 0 Å². The molecule has 2 heterocycles. The van der Waals surface area contributed by atoms with E-state index in [1.54, 1.807) is 31.3 Å². The van der Waals surface area contributed by atoms with Crippen LogP contribution in [0.1, 0.15) is 46.7 Å². The molecule has 1 saturated heterocycles. The summed E-state index contributed by atoms with van der Waals surface area (Å²) in [6.45, 7) is 2.35. The lowest BCUT2D eigenvalue weighted by Crippen LogP contribution is -2.35. The Balaban J connectivity index is 1.56. The summed E-state index contributed by atoms with van der Waals surface area (Å²) in [5, 5.41) is 2.53. The molecule has 0 saturated carbocycles. The fourth-order valence-corrected chi connectivity index (χ4v) is 3.83. The number of hydrogen-bond donors (Lipinski definition) is 1. The fraction of sp³-hybridized carbons (Fsp3) is 0.476. The van der Waals surface area contributed by atoms with E-state index in [0.29, 0.717) is 24.4 Å². The molecule has 0 bridgehead atoms. The Morgan fingerprint density at radius 1 is 1.25 bits per heavy atom. The number of nitrogens with one attached hydrogen (secondary N) is 1. The van der Waals surface area contributed by atoms with Crippen molar-refractivity contribution in [2.75, 3.05) is 20.1 Å². The minimum Gasteiger partial charge on any atom is -0.455 e. The average molecular weight is 394 g/mol. The summed E-state index contributed by atoms with van der Waals surface area (Å²) >= 11 is 0. The summed E-state index contributed by atoms with van der Waals surface area (Å²) < 4.78 is 45.0. The van der Waals surface area contributed by atoms with E-state index in [1.165, 1.54) is 6.07 Å². The van der Waals surface area contributed by atoms with Gasteiger partial charge in [0.1, 0.15) is 5.76 Å². The maximum absolute atomic E-state index is 13.2. The molecule has 1 aliphatic heterocycles. The highest BCUT2D eigenvalue weighted by molar-refractivity contribution is 5.91. The lowest BCUT2D eigenvalue weighted by Gasteiger charge is -2.32. The number of likely N-dealkylation sites (tertiary alicyclic amines) is 1. The van der Waals surface area contributed by atoms with E-state index in [-0.39, 0.29) is 11.7 Å². The smallest absolute Gasteiger partial charge is 0.416 e. The summed E-state index contributed by atoms with van der Waals surface area (Å²) in [6.07, 6.45) is -1.13. The van der Waals surface area contributed by atoms with Crippen LogP contribution in [0.25, 0.3) is 0 Å². The summed E-state index contributed by atoms with van der Waals surface area (Å²) in [5.74, 6) is 1.10. The van der Waals surface area contributed by atoms with Gasteiger partial charge in [0.05, 0.1) is 12.1 Å². The number of piperidine rings is 1. The number of hydrogen-bond acceptors (Lipinski definition) is 3. The molecule has 0 unspecified atom stereocenters. The summed E-state index contributed by atoms with van der Waals surface area (Å²) in [4.78, 5) is 13.8. The minimum atomic E-state index is -4.31. The molecule has 1 aromatic carbocycles. The highest BCUT2D eigenvalue weighted by Gasteiger charge is 2.33. The van der Waals surface area contributed by atoms with Crippen molar-refractivity contribution in [3.63, 3.8) is 0 Å². The number of aryl methyl sites for hydroxylation is 1. The molecule has 3 rings (SSSR count). The van der Waals surface area contributed by atoms with E-state index in [4.69, 9.17) is 4.42 Å². The van der Waals surface area contributed by atoms with Gasteiger partial charge in [0, 0.05) is 13.6 Å². The van der Waals surface area contributed by atoms with Gasteiger partial charge in [-0.15, -0.1) is 0 Å². The van der Waals surface area contributed by atoms with Gasteiger partial charge in [-0.05, 0) is 61.9 Å². The van der Waals surface area contributed by atoms with Gasteiger partial charge in [0.15, 0.2) is 5.76 Å². The van der Waals surface area contributed by atoms with Gasteiger partial charge in [-0.2, -0.15) is 13.2 Å². The summed E-state index contributed by atoms with van der Waals surface area (Å²) in [7, 11) is 1.55. The Bertz CT molecular complexity index is 801. The van der Waals surface area contributed by atoms with Gasteiger partial charge >= 0.3 is 6.18 Å². The number of amides is 1. The molecule has 1 amide bonds. The average Bonchev–Trinajstić information content (AvgIpc) is 3.14. The van der Waals surface area contributed by atoms with Crippen LogP contribution in [0.2, 0.25) is 0 Å². The number of furan rings is 1. The summed E-state index contributed by atoms with van der Waals surface area (Å²) in [5.41, 5.74) is -0.159. The van der Waals surface area contributed by atoms with Crippen LogP contribution in [0.4, 0.5) is 13.2 Å². The Morgan fingerprint density at radius 3 is 2.79 bits per heavy atom. The summed E-state index contributed by atoms with van der Waals surface area (Å²) in [6, 6.07) is 9.29. The predicted molar refractivity (Wildman–Crippen MR) is 99.9 cm³/mol. The number of rotatable bonds is 6. The molecule has 0 radical (unpaired) electrons. The Hall–Kier alpha value is -2.28. The lowest BCUT2D eigenvalue weighted by molar-refractivity contribution is -0.138. The number of benzene rings is 1. The third-order valence-corrected chi connectivity index (χ3v) is 5.24. The highest BCUT2D eigenvalue weighted by Crippen LogP contribution is 2.33. The van der Waals surface area contributed by atoms with Gasteiger partial charge in [-0.3, -0.25) is 9.69 Å². The molecule has 1 N–H and O–H groups in total. The van der Waals surface area contributed by atoms with Crippen LogP contribution >= 0.6 is 0 Å². The predicted octanol–water partition coefficient (Wildman–Crippen LogP) is 4.50. The van der Waals surface area contributed by atoms with Gasteiger partial charge in [0.2, 0.25) is 0 Å². The second kappa shape index (κ2) is 8.82. The lowest BCUT2D eigenvalue weighted by atomic mass is 9.90. The van der Waals surface area contributed by atoms with Crippen molar-refractivity contribution >= 4 is 5.91 Å². The van der Waals surface area contributed by atoms with Crippen LogP contribution in [-0.2, 0) is 19.1 Å². The molecule has 1 aromatic heterocycles. The van der Waals surface area contributed by atoms with Crippen LogP contribution in [0.15, 0.2) is 40.8 Å². The second-order valence-corrected chi connectivity index (χ2v) is 7.28. The van der Waals surface area contributed by atoms with Crippen LogP contribution in [-0.4, -0.2) is 30.9 Å². The Morgan fingerprint density at radius 2 is 2.04 bits per heavy atom. The largest absolute Gasteiger partial charge is 0.455 e. The SMILES string of the molecule is CNC(=O)c1ccc(CN2CCC[C@H](CCc3ccccc3C(F)(F)F)C2)o1. The van der Waals surface area contributed by atoms with Crippen LogP contribution in [0.5, 0.6) is 0 Å². The van der Waals surface area contributed by atoms with Crippen molar-refractivity contribution in [2.45, 2.75) is 38.4 Å². The van der Waals surface area contributed by atoms with Gasteiger partial charge in [0.25, 0.3) is 5.91 Å². The monoisotopic (exact) mass is 394 g/mol. The standard InChI is InChI=1S/C21H25F3N2O2/c1-25-20(27)19-11-10-17(28-19)14-26-12-4-5-15(13-26)8-9-16-6-2-3-7-18(16)21(22,23)24/h2-3,6-7,10-11,15H,4-5,8-9,12-14H2,1H3,(H,25,27)/t15-/m1/s1. The van der Waals surface area contributed by atoms with E-state index in [0.717, 1.165) is 44.2 Å². The topological polar surface area (TPSA) is 45.5 Å². The van der Waals surface area contributed by atoms with Crippen molar-refractivity contribution < 1.29 is 22.4 Å². The van der Waals surface area contributed by atoms with Crippen molar-refractivity contribution in [2.24, 2.45) is 5.92 Å². The molecule has 152 valence electrons. The van der Waals surface area contributed by atoms with Crippen molar-refractivity contribution in [1.82, 2.24) is 10.2 Å². The van der Waals surface area contributed by atoms with Gasteiger partial charge in [-0.25, -0.2) is 0 Å². The molecule has 28 heavy (non-hydrogen) atoms. The molecule has 2 aromatic rings. The van der Waals surface area contributed by atoms with Crippen molar-refractivity contribution in [1.29, 1.82) is 0 Å². The Labute approximate surface area is 162 Å². The molecule has 7 heteroatoms. The highest BCUT2D eigenvalue weighted by atomic mass is 19.4.